The molecule has 0 bridgehead atoms. The maximum Gasteiger partial charge on any atom is 0.200 e. The van der Waals surface area contributed by atoms with E-state index in [1.165, 1.54) is 30.5 Å². The smallest absolute Gasteiger partial charge is 0.200 e. The number of fused-ring (bicyclic) bond motifs is 1. The first-order chi connectivity index (χ1) is 14.3. The van der Waals surface area contributed by atoms with E-state index in [0.29, 0.717) is 5.56 Å². The van der Waals surface area contributed by atoms with Crippen LogP contribution in [0.15, 0.2) is 51.9 Å². The van der Waals surface area contributed by atoms with E-state index in [1.54, 1.807) is 12.1 Å². The van der Waals surface area contributed by atoms with Crippen molar-refractivity contribution in [2.24, 2.45) is 0 Å². The number of phenols is 2. The van der Waals surface area contributed by atoms with Gasteiger partial charge in [0, 0.05) is 0 Å². The van der Waals surface area contributed by atoms with Crippen molar-refractivity contribution in [1.82, 2.24) is 0 Å². The fraction of sp³-hybridized carbons (Fsp3) is 0.286. The summed E-state index contributed by atoms with van der Waals surface area (Å²) in [5, 5.41) is 59.8. The lowest BCUT2D eigenvalue weighted by atomic mass is 9.89. The lowest BCUT2D eigenvalue weighted by Crippen LogP contribution is -2.55. The normalized spacial score (nSPS) is 26.7. The molecule has 9 nitrogen and oxygen atoms in total. The molecule has 5 atom stereocenters. The highest BCUT2D eigenvalue weighted by atomic mass is 16.5. The fourth-order valence-corrected chi connectivity index (χ4v) is 3.67. The minimum atomic E-state index is -1.65. The van der Waals surface area contributed by atoms with Crippen LogP contribution >= 0.6 is 0 Å². The van der Waals surface area contributed by atoms with Crippen LogP contribution in [0.2, 0.25) is 0 Å². The Bertz CT molecular complexity index is 1120. The van der Waals surface area contributed by atoms with Gasteiger partial charge in [-0.05, 0) is 29.8 Å². The molecular weight excluding hydrogens is 396 g/mol. The van der Waals surface area contributed by atoms with Gasteiger partial charge in [0.25, 0.3) is 0 Å². The predicted octanol–water partition coefficient (Wildman–Crippen LogP) is 0.386. The second-order valence-corrected chi connectivity index (χ2v) is 7.15. The average molecular weight is 416 g/mol. The van der Waals surface area contributed by atoms with Crippen LogP contribution in [0, 0.1) is 0 Å². The summed E-state index contributed by atoms with van der Waals surface area (Å²) in [7, 11) is 0. The maximum absolute atomic E-state index is 13.0. The molecule has 2 aromatic carbocycles. The Balaban J connectivity index is 1.87. The lowest BCUT2D eigenvalue weighted by Gasteiger charge is -2.40. The molecule has 0 unspecified atom stereocenters. The average Bonchev–Trinajstić information content (AvgIpc) is 2.74. The molecule has 4 rings (SSSR count). The molecule has 0 amide bonds. The van der Waals surface area contributed by atoms with Gasteiger partial charge >= 0.3 is 0 Å². The monoisotopic (exact) mass is 416 g/mol. The number of aliphatic hydroxyl groups is 4. The first kappa shape index (κ1) is 20.3. The highest BCUT2D eigenvalue weighted by molar-refractivity contribution is 5.86. The molecule has 1 aliphatic heterocycles. The van der Waals surface area contributed by atoms with Crippen LogP contribution in [0.25, 0.3) is 22.1 Å². The van der Waals surface area contributed by atoms with Crippen LogP contribution in [0.3, 0.4) is 0 Å². The van der Waals surface area contributed by atoms with E-state index in [9.17, 15) is 35.4 Å². The summed E-state index contributed by atoms with van der Waals surface area (Å²) in [6.07, 6.45) is -6.24. The molecule has 1 fully saturated rings. The number of aliphatic hydroxyl groups excluding tert-OH is 4. The molecule has 0 radical (unpaired) electrons. The number of phenolic OH excluding ortho intramolecular Hbond substituents is 2. The molecule has 9 heteroatoms. The van der Waals surface area contributed by atoms with Crippen molar-refractivity contribution in [1.29, 1.82) is 0 Å². The summed E-state index contributed by atoms with van der Waals surface area (Å²) in [4.78, 5) is 13.0. The summed E-state index contributed by atoms with van der Waals surface area (Å²) in [6, 6.07) is 8.54. The van der Waals surface area contributed by atoms with Crippen molar-refractivity contribution in [3.8, 4) is 22.6 Å². The van der Waals surface area contributed by atoms with E-state index in [4.69, 9.17) is 9.15 Å². The SMILES string of the molecule is O=c1c(-c2ccc(O)cc2)coc2c([C@H]3O[C@@H](CO)[C@H](O)[C@@H](O)[C@@H]3O)c(O)ccc12. The Labute approximate surface area is 169 Å². The molecule has 30 heavy (non-hydrogen) atoms. The number of hydrogen-bond donors (Lipinski definition) is 6. The van der Waals surface area contributed by atoms with Crippen LogP contribution < -0.4 is 5.43 Å². The van der Waals surface area contributed by atoms with Gasteiger partial charge in [-0.3, -0.25) is 4.79 Å². The zero-order chi connectivity index (χ0) is 21.6. The summed E-state index contributed by atoms with van der Waals surface area (Å²) in [5.74, 6) is -0.314. The number of aromatic hydroxyl groups is 2. The summed E-state index contributed by atoms with van der Waals surface area (Å²) in [6.45, 7) is -0.637. The minimum absolute atomic E-state index is 0.0405. The van der Waals surface area contributed by atoms with Gasteiger partial charge in [0.15, 0.2) is 0 Å². The second kappa shape index (κ2) is 7.71. The first-order valence-electron chi connectivity index (χ1n) is 9.20. The van der Waals surface area contributed by atoms with Crippen molar-refractivity contribution in [2.45, 2.75) is 30.5 Å². The predicted molar refractivity (Wildman–Crippen MR) is 104 cm³/mol. The Morgan fingerprint density at radius 1 is 0.900 bits per heavy atom. The third-order valence-electron chi connectivity index (χ3n) is 5.31. The van der Waals surface area contributed by atoms with Crippen molar-refractivity contribution in [3.63, 3.8) is 0 Å². The highest BCUT2D eigenvalue weighted by Gasteiger charge is 2.45. The Hall–Kier alpha value is -2.95. The Morgan fingerprint density at radius 3 is 2.27 bits per heavy atom. The van der Waals surface area contributed by atoms with Crippen LogP contribution in [-0.2, 0) is 4.74 Å². The quantitative estimate of drug-likeness (QED) is 0.355. The third-order valence-corrected chi connectivity index (χ3v) is 5.31. The van der Waals surface area contributed by atoms with Gasteiger partial charge in [-0.1, -0.05) is 12.1 Å². The zero-order valence-electron chi connectivity index (χ0n) is 15.5. The van der Waals surface area contributed by atoms with Crippen LogP contribution in [0.5, 0.6) is 11.5 Å². The number of hydrogen-bond acceptors (Lipinski definition) is 9. The largest absolute Gasteiger partial charge is 0.508 e. The van der Waals surface area contributed by atoms with Crippen LogP contribution in [0.1, 0.15) is 11.7 Å². The van der Waals surface area contributed by atoms with Gasteiger partial charge in [0.1, 0.15) is 53.9 Å². The molecule has 2 heterocycles. The molecule has 0 saturated carbocycles. The lowest BCUT2D eigenvalue weighted by molar-refractivity contribution is -0.231. The van der Waals surface area contributed by atoms with E-state index in [0.717, 1.165) is 0 Å². The number of ether oxygens (including phenoxy) is 1. The van der Waals surface area contributed by atoms with Gasteiger partial charge in [-0.25, -0.2) is 0 Å². The minimum Gasteiger partial charge on any atom is -0.508 e. The van der Waals surface area contributed by atoms with Crippen molar-refractivity contribution in [3.05, 3.63) is 58.4 Å². The first-order valence-corrected chi connectivity index (χ1v) is 9.20. The summed E-state index contributed by atoms with van der Waals surface area (Å²) >= 11 is 0. The van der Waals surface area contributed by atoms with Crippen molar-refractivity contribution >= 4 is 11.0 Å². The molecule has 1 aromatic heterocycles. The van der Waals surface area contributed by atoms with E-state index in [-0.39, 0.29) is 33.6 Å². The van der Waals surface area contributed by atoms with Crippen molar-refractivity contribution < 1.29 is 39.8 Å². The van der Waals surface area contributed by atoms with E-state index >= 15 is 0 Å². The second-order valence-electron chi connectivity index (χ2n) is 7.15. The molecule has 1 aliphatic rings. The standard InChI is InChI=1S/C21H20O9/c22-7-14-17(26)18(27)19(28)21(30-14)15-13(24)6-5-11-16(25)12(8-29-20(11)15)9-1-3-10(23)4-2-9/h1-6,8,14,17-19,21-24,26-28H,7H2/t14-,17-,18+,19-,21+/m0/s1. The molecular formula is C21H20O9. The van der Waals surface area contributed by atoms with Gasteiger partial charge in [0.2, 0.25) is 5.43 Å². The van der Waals surface area contributed by atoms with Crippen molar-refractivity contribution in [2.75, 3.05) is 6.61 Å². The van der Waals surface area contributed by atoms with Crippen LogP contribution in [-0.4, -0.2) is 61.7 Å². The van der Waals surface area contributed by atoms with E-state index in [2.05, 4.69) is 0 Å². The van der Waals surface area contributed by atoms with Gasteiger partial charge in [-0.15, -0.1) is 0 Å². The zero-order valence-corrected chi connectivity index (χ0v) is 15.5. The molecule has 0 aliphatic carbocycles. The topological polar surface area (TPSA) is 161 Å². The summed E-state index contributed by atoms with van der Waals surface area (Å²) < 4.78 is 11.1. The summed E-state index contributed by atoms with van der Waals surface area (Å²) in [5.41, 5.74) is 0.150. The van der Waals surface area contributed by atoms with E-state index < -0.39 is 42.6 Å². The Kier molecular flexibility index (Phi) is 5.22. The fourth-order valence-electron chi connectivity index (χ4n) is 3.67. The van der Waals surface area contributed by atoms with Gasteiger partial charge in [0.05, 0.1) is 23.1 Å². The number of benzene rings is 2. The highest BCUT2D eigenvalue weighted by Crippen LogP contribution is 2.40. The molecule has 1 saturated heterocycles. The molecule has 158 valence electrons. The molecule has 3 aromatic rings. The Morgan fingerprint density at radius 2 is 1.60 bits per heavy atom. The van der Waals surface area contributed by atoms with E-state index in [1.807, 2.05) is 0 Å². The number of rotatable bonds is 3. The third kappa shape index (κ3) is 3.22. The van der Waals surface area contributed by atoms with Gasteiger partial charge in [-0.2, -0.15) is 0 Å². The molecule has 0 spiro atoms. The maximum atomic E-state index is 13.0. The molecule has 6 N–H and O–H groups in total. The van der Waals surface area contributed by atoms with Gasteiger partial charge < -0.3 is 39.8 Å². The van der Waals surface area contributed by atoms with Crippen LogP contribution in [0.4, 0.5) is 0 Å².